The van der Waals surface area contributed by atoms with E-state index in [4.69, 9.17) is 9.47 Å². The molecule has 132 valence electrons. The number of benzene rings is 2. The van der Waals surface area contributed by atoms with Crippen molar-refractivity contribution in [3.63, 3.8) is 0 Å². The summed E-state index contributed by atoms with van der Waals surface area (Å²) in [6.45, 7) is 4.61. The molecule has 1 amide bonds. The smallest absolute Gasteiger partial charge is 0.254 e. The van der Waals surface area contributed by atoms with Crippen molar-refractivity contribution >= 4 is 5.91 Å². The van der Waals surface area contributed by atoms with E-state index >= 15 is 0 Å². The first kappa shape index (κ1) is 17.5. The second-order valence-corrected chi connectivity index (χ2v) is 6.25. The summed E-state index contributed by atoms with van der Waals surface area (Å²) >= 11 is 0. The molecule has 0 N–H and O–H groups in total. The fourth-order valence-corrected chi connectivity index (χ4v) is 2.91. The lowest BCUT2D eigenvalue weighted by Gasteiger charge is -2.33. The minimum Gasteiger partial charge on any atom is -0.494 e. The van der Waals surface area contributed by atoms with Gasteiger partial charge < -0.3 is 14.4 Å². The van der Waals surface area contributed by atoms with E-state index in [1.165, 1.54) is 0 Å². The number of unbranched alkanes of at least 4 members (excludes halogenated alkanes) is 1. The molecule has 1 saturated heterocycles. The summed E-state index contributed by atoms with van der Waals surface area (Å²) < 4.78 is 11.5. The van der Waals surface area contributed by atoms with Gasteiger partial charge in [-0.1, -0.05) is 43.7 Å². The van der Waals surface area contributed by atoms with Gasteiger partial charge in [-0.15, -0.1) is 0 Å². The lowest BCUT2D eigenvalue weighted by molar-refractivity contribution is -0.0228. The van der Waals surface area contributed by atoms with Crippen molar-refractivity contribution in [2.24, 2.45) is 0 Å². The zero-order valence-corrected chi connectivity index (χ0v) is 14.7. The van der Waals surface area contributed by atoms with Gasteiger partial charge in [-0.25, -0.2) is 0 Å². The van der Waals surface area contributed by atoms with Crippen LogP contribution in [-0.2, 0) is 4.74 Å². The SMILES string of the molecule is CCCCOc1ccc(C(=O)N2CCO[C@H](c3ccccc3)C2)cc1. The van der Waals surface area contributed by atoms with E-state index in [0.29, 0.717) is 31.9 Å². The Bertz CT molecular complexity index is 669. The van der Waals surface area contributed by atoms with Crippen LogP contribution in [0.25, 0.3) is 0 Å². The van der Waals surface area contributed by atoms with Gasteiger partial charge in [0, 0.05) is 12.1 Å². The van der Waals surface area contributed by atoms with Crippen molar-refractivity contribution in [3.05, 3.63) is 65.7 Å². The van der Waals surface area contributed by atoms with Crippen LogP contribution in [0, 0.1) is 0 Å². The summed E-state index contributed by atoms with van der Waals surface area (Å²) in [7, 11) is 0. The fraction of sp³-hybridized carbons (Fsp3) is 0.381. The van der Waals surface area contributed by atoms with Gasteiger partial charge in [-0.05, 0) is 36.2 Å². The molecule has 0 aliphatic carbocycles. The molecule has 25 heavy (non-hydrogen) atoms. The van der Waals surface area contributed by atoms with Crippen LogP contribution in [0.3, 0.4) is 0 Å². The van der Waals surface area contributed by atoms with Gasteiger partial charge in [0.05, 0.1) is 19.8 Å². The topological polar surface area (TPSA) is 38.8 Å². The summed E-state index contributed by atoms with van der Waals surface area (Å²) in [6, 6.07) is 17.5. The molecule has 0 radical (unpaired) electrons. The third-order valence-electron chi connectivity index (χ3n) is 4.39. The van der Waals surface area contributed by atoms with E-state index in [9.17, 15) is 4.79 Å². The number of amides is 1. The van der Waals surface area contributed by atoms with E-state index in [2.05, 4.69) is 6.92 Å². The Balaban J connectivity index is 1.62. The Morgan fingerprint density at radius 1 is 1.16 bits per heavy atom. The normalized spacial score (nSPS) is 17.3. The Morgan fingerprint density at radius 2 is 1.92 bits per heavy atom. The molecule has 1 aliphatic rings. The van der Waals surface area contributed by atoms with E-state index in [1.807, 2.05) is 59.5 Å². The second kappa shape index (κ2) is 8.67. The lowest BCUT2D eigenvalue weighted by Crippen LogP contribution is -2.42. The van der Waals surface area contributed by atoms with Crippen molar-refractivity contribution in [3.8, 4) is 5.75 Å². The number of ether oxygens (including phenoxy) is 2. The van der Waals surface area contributed by atoms with Gasteiger partial charge in [0.2, 0.25) is 0 Å². The Hall–Kier alpha value is -2.33. The van der Waals surface area contributed by atoms with Crippen LogP contribution in [0.5, 0.6) is 5.75 Å². The predicted octanol–water partition coefficient (Wildman–Crippen LogP) is 4.08. The van der Waals surface area contributed by atoms with Gasteiger partial charge in [0.1, 0.15) is 11.9 Å². The fourth-order valence-electron chi connectivity index (χ4n) is 2.91. The maximum absolute atomic E-state index is 12.8. The molecule has 0 saturated carbocycles. The third-order valence-corrected chi connectivity index (χ3v) is 4.39. The molecule has 0 aromatic heterocycles. The minimum atomic E-state index is -0.0597. The molecule has 4 heteroatoms. The van der Waals surface area contributed by atoms with E-state index in [1.54, 1.807) is 0 Å². The van der Waals surface area contributed by atoms with Crippen LogP contribution in [0.2, 0.25) is 0 Å². The number of hydrogen-bond acceptors (Lipinski definition) is 3. The monoisotopic (exact) mass is 339 g/mol. The van der Waals surface area contributed by atoms with Crippen molar-refractivity contribution in [1.29, 1.82) is 0 Å². The third kappa shape index (κ3) is 4.60. The number of rotatable bonds is 6. The van der Waals surface area contributed by atoms with E-state index < -0.39 is 0 Å². The molecule has 0 spiro atoms. The van der Waals surface area contributed by atoms with Gasteiger partial charge in [0.15, 0.2) is 0 Å². The zero-order valence-electron chi connectivity index (χ0n) is 14.7. The maximum Gasteiger partial charge on any atom is 0.254 e. The average molecular weight is 339 g/mol. The Kier molecular flexibility index (Phi) is 6.07. The average Bonchev–Trinajstić information content (AvgIpc) is 2.69. The molecule has 3 rings (SSSR count). The van der Waals surface area contributed by atoms with Gasteiger partial charge in [0.25, 0.3) is 5.91 Å². The molecule has 2 aromatic rings. The second-order valence-electron chi connectivity index (χ2n) is 6.25. The minimum absolute atomic E-state index is 0.0457. The zero-order chi connectivity index (χ0) is 17.5. The molecule has 0 unspecified atom stereocenters. The molecule has 1 atom stereocenters. The predicted molar refractivity (Wildman–Crippen MR) is 97.9 cm³/mol. The van der Waals surface area contributed by atoms with Crippen LogP contribution in [-0.4, -0.2) is 37.1 Å². The number of carbonyl (C=O) groups is 1. The number of morpholine rings is 1. The van der Waals surface area contributed by atoms with E-state index in [0.717, 1.165) is 24.2 Å². The molecule has 1 fully saturated rings. The highest BCUT2D eigenvalue weighted by Gasteiger charge is 2.26. The lowest BCUT2D eigenvalue weighted by atomic mass is 10.1. The molecular weight excluding hydrogens is 314 g/mol. The molecular formula is C21H25NO3. The summed E-state index contributed by atoms with van der Waals surface area (Å²) in [6.07, 6.45) is 2.08. The first-order chi connectivity index (χ1) is 12.3. The molecule has 0 bridgehead atoms. The van der Waals surface area contributed by atoms with Crippen LogP contribution < -0.4 is 4.74 Å². The number of carbonyl (C=O) groups excluding carboxylic acids is 1. The quantitative estimate of drug-likeness (QED) is 0.745. The van der Waals surface area contributed by atoms with Crippen LogP contribution in [0.1, 0.15) is 41.8 Å². The van der Waals surface area contributed by atoms with Crippen LogP contribution in [0.15, 0.2) is 54.6 Å². The number of hydrogen-bond donors (Lipinski definition) is 0. The Morgan fingerprint density at radius 3 is 2.64 bits per heavy atom. The molecule has 4 nitrogen and oxygen atoms in total. The summed E-state index contributed by atoms with van der Waals surface area (Å²) in [4.78, 5) is 14.6. The first-order valence-corrected chi connectivity index (χ1v) is 8.96. The molecule has 1 aliphatic heterocycles. The van der Waals surface area contributed by atoms with Gasteiger partial charge >= 0.3 is 0 Å². The highest BCUT2D eigenvalue weighted by atomic mass is 16.5. The van der Waals surface area contributed by atoms with Crippen LogP contribution in [0.4, 0.5) is 0 Å². The number of nitrogens with zero attached hydrogens (tertiary/aromatic N) is 1. The summed E-state index contributed by atoms with van der Waals surface area (Å²) in [5.41, 5.74) is 1.80. The maximum atomic E-state index is 12.8. The van der Waals surface area contributed by atoms with E-state index in [-0.39, 0.29) is 12.0 Å². The van der Waals surface area contributed by atoms with Crippen molar-refractivity contribution in [2.75, 3.05) is 26.3 Å². The van der Waals surface area contributed by atoms with Crippen molar-refractivity contribution < 1.29 is 14.3 Å². The van der Waals surface area contributed by atoms with Gasteiger partial charge in [-0.2, -0.15) is 0 Å². The van der Waals surface area contributed by atoms with Crippen molar-refractivity contribution in [2.45, 2.75) is 25.9 Å². The van der Waals surface area contributed by atoms with Gasteiger partial charge in [-0.3, -0.25) is 4.79 Å². The standard InChI is InChI=1S/C21H25NO3/c1-2-3-14-24-19-11-9-18(10-12-19)21(23)22-13-15-25-20(16-22)17-7-5-4-6-8-17/h4-12,20H,2-3,13-16H2,1H3/t20-/m0/s1. The highest BCUT2D eigenvalue weighted by Crippen LogP contribution is 2.23. The molecule has 2 aromatic carbocycles. The van der Waals surface area contributed by atoms with Crippen molar-refractivity contribution in [1.82, 2.24) is 4.90 Å². The first-order valence-electron chi connectivity index (χ1n) is 8.96. The summed E-state index contributed by atoms with van der Waals surface area (Å²) in [5.74, 6) is 0.860. The highest BCUT2D eigenvalue weighted by molar-refractivity contribution is 5.94. The Labute approximate surface area is 149 Å². The molecule has 1 heterocycles. The largest absolute Gasteiger partial charge is 0.494 e. The summed E-state index contributed by atoms with van der Waals surface area (Å²) in [5, 5.41) is 0. The van der Waals surface area contributed by atoms with Crippen LogP contribution >= 0.6 is 0 Å².